The standard InChI is InChI=1S/C32H52N2O5S2/c1-4-5-6-7-8-9-10-11-12-13-14-15-16-17-18-19-20-21-22-23-30(37)33-24-25-40-41-32(2,3)28-34-31(38)39-29(26-35)27-36/h5-6,8-9,11-12,14-15,17-18,20-21,29,35-36H,4,7,10,13,16,19,22-28H2,1-3H3,(H,33,37)(H,34,38)/b6-5-,9-8-,12-11-,15-14-,18-17-,21-20-. The number of allylic oxidation sites excluding steroid dienone is 12. The zero-order valence-electron chi connectivity index (χ0n) is 25.1. The SMILES string of the molecule is CC/C=C\C/C=C\C/C=C\C/C=C\C/C=C\C/C=C\CCC(=O)NCCSSC(C)(C)CNC(=O)OC(CO)CO. The van der Waals surface area contributed by atoms with Crippen molar-refractivity contribution in [3.63, 3.8) is 0 Å². The van der Waals surface area contributed by atoms with Crippen LogP contribution in [-0.2, 0) is 9.53 Å². The first-order valence-corrected chi connectivity index (χ1v) is 16.8. The van der Waals surface area contributed by atoms with Gasteiger partial charge in [-0.15, -0.1) is 0 Å². The molecule has 0 atom stereocenters. The number of amides is 2. The first kappa shape index (κ1) is 38.8. The molecule has 0 bridgehead atoms. The van der Waals surface area contributed by atoms with E-state index < -0.39 is 25.4 Å². The minimum atomic E-state index is -0.914. The number of rotatable bonds is 24. The van der Waals surface area contributed by atoms with Gasteiger partial charge >= 0.3 is 6.09 Å². The summed E-state index contributed by atoms with van der Waals surface area (Å²) in [7, 11) is 3.24. The number of hydrogen-bond donors (Lipinski definition) is 4. The number of carbonyl (C=O) groups is 2. The van der Waals surface area contributed by atoms with Crippen molar-refractivity contribution < 1.29 is 24.5 Å². The Morgan fingerprint density at radius 3 is 1.76 bits per heavy atom. The van der Waals surface area contributed by atoms with Gasteiger partial charge in [-0.2, -0.15) is 0 Å². The number of hydrogen-bond acceptors (Lipinski definition) is 7. The summed E-state index contributed by atoms with van der Waals surface area (Å²) in [6, 6.07) is 0. The Kier molecular flexibility index (Phi) is 26.4. The number of aliphatic hydroxyl groups excluding tert-OH is 2. The van der Waals surface area contributed by atoms with Gasteiger partial charge in [0.15, 0.2) is 0 Å². The van der Waals surface area contributed by atoms with E-state index in [1.165, 1.54) is 0 Å². The zero-order valence-corrected chi connectivity index (χ0v) is 26.8. The maximum absolute atomic E-state index is 12.0. The summed E-state index contributed by atoms with van der Waals surface area (Å²) >= 11 is 0. The van der Waals surface area contributed by atoms with Crippen LogP contribution in [0, 0.1) is 0 Å². The molecule has 232 valence electrons. The van der Waals surface area contributed by atoms with Crippen LogP contribution in [0.2, 0.25) is 0 Å². The van der Waals surface area contributed by atoms with Crippen LogP contribution in [0.3, 0.4) is 0 Å². The molecule has 9 heteroatoms. The van der Waals surface area contributed by atoms with Gasteiger partial charge in [0.2, 0.25) is 5.91 Å². The molecule has 0 aromatic carbocycles. The molecule has 0 aliphatic rings. The number of alkyl carbamates (subject to hydrolysis) is 1. The number of carbonyl (C=O) groups excluding carboxylic acids is 2. The second-order valence-electron chi connectivity index (χ2n) is 9.71. The van der Waals surface area contributed by atoms with Gasteiger partial charge in [-0.25, -0.2) is 4.79 Å². The summed E-state index contributed by atoms with van der Waals surface area (Å²) in [4.78, 5) is 23.7. The highest BCUT2D eigenvalue weighted by molar-refractivity contribution is 8.77. The lowest BCUT2D eigenvalue weighted by Gasteiger charge is -2.24. The Labute approximate surface area is 256 Å². The molecular weight excluding hydrogens is 556 g/mol. The van der Waals surface area contributed by atoms with E-state index in [-0.39, 0.29) is 10.7 Å². The Morgan fingerprint density at radius 1 is 0.780 bits per heavy atom. The van der Waals surface area contributed by atoms with Gasteiger partial charge in [0, 0.05) is 30.0 Å². The third-order valence-electron chi connectivity index (χ3n) is 5.27. The Balaban J connectivity index is 3.75. The van der Waals surface area contributed by atoms with Crippen LogP contribution in [0.1, 0.15) is 72.1 Å². The summed E-state index contributed by atoms with van der Waals surface area (Å²) < 4.78 is 4.63. The summed E-state index contributed by atoms with van der Waals surface area (Å²) in [6.45, 7) is 6.23. The predicted molar refractivity (Wildman–Crippen MR) is 177 cm³/mol. The van der Waals surface area contributed by atoms with Gasteiger partial charge in [-0.1, -0.05) is 101 Å². The van der Waals surface area contributed by atoms with Crippen molar-refractivity contribution in [1.29, 1.82) is 0 Å². The van der Waals surface area contributed by atoms with E-state index in [0.717, 1.165) is 50.7 Å². The molecule has 0 saturated heterocycles. The number of aliphatic hydroxyl groups is 2. The maximum Gasteiger partial charge on any atom is 0.407 e. The molecule has 2 amide bonds. The minimum absolute atomic E-state index is 0.0427. The smallest absolute Gasteiger partial charge is 0.407 e. The summed E-state index contributed by atoms with van der Waals surface area (Å²) in [5, 5.41) is 23.5. The monoisotopic (exact) mass is 608 g/mol. The van der Waals surface area contributed by atoms with Gasteiger partial charge in [0.25, 0.3) is 0 Å². The molecular formula is C32H52N2O5S2. The average molecular weight is 609 g/mol. The molecule has 0 spiro atoms. The normalized spacial score (nSPS) is 12.8. The van der Waals surface area contributed by atoms with Crippen molar-refractivity contribution in [2.24, 2.45) is 0 Å². The molecule has 0 aliphatic carbocycles. The fourth-order valence-corrected chi connectivity index (χ4v) is 5.37. The fraction of sp³-hybridized carbons (Fsp3) is 0.562. The third-order valence-corrected chi connectivity index (χ3v) is 8.56. The van der Waals surface area contributed by atoms with E-state index in [1.807, 2.05) is 19.9 Å². The van der Waals surface area contributed by atoms with Crippen molar-refractivity contribution in [3.8, 4) is 0 Å². The lowest BCUT2D eigenvalue weighted by Crippen LogP contribution is -2.39. The van der Waals surface area contributed by atoms with E-state index in [2.05, 4.69) is 84.4 Å². The first-order chi connectivity index (χ1) is 19.8. The van der Waals surface area contributed by atoms with E-state index in [0.29, 0.717) is 19.5 Å². The van der Waals surface area contributed by atoms with Gasteiger partial charge in [0.05, 0.1) is 13.2 Å². The van der Waals surface area contributed by atoms with Crippen molar-refractivity contribution in [2.75, 3.05) is 32.1 Å². The van der Waals surface area contributed by atoms with Crippen molar-refractivity contribution >= 4 is 33.6 Å². The molecule has 4 N–H and O–H groups in total. The number of ether oxygens (including phenoxy) is 1. The van der Waals surface area contributed by atoms with Crippen LogP contribution in [0.4, 0.5) is 4.79 Å². The molecule has 7 nitrogen and oxygen atoms in total. The first-order valence-electron chi connectivity index (χ1n) is 14.5. The minimum Gasteiger partial charge on any atom is -0.441 e. The highest BCUT2D eigenvalue weighted by Gasteiger charge is 2.21. The lowest BCUT2D eigenvalue weighted by atomic mass is 10.2. The summed E-state index contributed by atoms with van der Waals surface area (Å²) in [6.07, 6.45) is 31.5. The van der Waals surface area contributed by atoms with Gasteiger partial charge in [-0.3, -0.25) is 4.79 Å². The molecule has 0 aromatic rings. The Morgan fingerprint density at radius 2 is 1.27 bits per heavy atom. The topological polar surface area (TPSA) is 108 Å². The van der Waals surface area contributed by atoms with E-state index >= 15 is 0 Å². The Bertz CT molecular complexity index is 847. The second kappa shape index (κ2) is 27.9. The molecule has 0 radical (unpaired) electrons. The Hall–Kier alpha value is -2.20. The number of nitrogens with one attached hydrogen (secondary N) is 2. The average Bonchev–Trinajstić information content (AvgIpc) is 2.95. The van der Waals surface area contributed by atoms with Gasteiger partial charge in [0.1, 0.15) is 6.10 Å². The highest BCUT2D eigenvalue weighted by atomic mass is 33.1. The van der Waals surface area contributed by atoms with Crippen LogP contribution < -0.4 is 10.6 Å². The van der Waals surface area contributed by atoms with Crippen LogP contribution in [0.15, 0.2) is 72.9 Å². The van der Waals surface area contributed by atoms with Crippen molar-refractivity contribution in [3.05, 3.63) is 72.9 Å². The van der Waals surface area contributed by atoms with E-state index in [4.69, 9.17) is 14.9 Å². The molecule has 0 unspecified atom stereocenters. The van der Waals surface area contributed by atoms with Crippen molar-refractivity contribution in [2.45, 2.75) is 83.0 Å². The summed E-state index contributed by atoms with van der Waals surface area (Å²) in [5.41, 5.74) is 0. The lowest BCUT2D eigenvalue weighted by molar-refractivity contribution is -0.120. The third kappa shape index (κ3) is 27.7. The second-order valence-corrected chi connectivity index (χ2v) is 12.8. The van der Waals surface area contributed by atoms with Crippen LogP contribution in [-0.4, -0.2) is 65.1 Å². The van der Waals surface area contributed by atoms with Crippen LogP contribution in [0.5, 0.6) is 0 Å². The zero-order chi connectivity index (χ0) is 30.4. The van der Waals surface area contributed by atoms with Crippen LogP contribution in [0.25, 0.3) is 0 Å². The van der Waals surface area contributed by atoms with Gasteiger partial charge < -0.3 is 25.6 Å². The van der Waals surface area contributed by atoms with Crippen LogP contribution >= 0.6 is 21.6 Å². The van der Waals surface area contributed by atoms with E-state index in [1.54, 1.807) is 21.6 Å². The largest absolute Gasteiger partial charge is 0.441 e. The van der Waals surface area contributed by atoms with Gasteiger partial charge in [-0.05, 0) is 58.8 Å². The molecule has 0 aromatic heterocycles. The molecule has 0 saturated carbocycles. The van der Waals surface area contributed by atoms with E-state index in [9.17, 15) is 9.59 Å². The molecule has 41 heavy (non-hydrogen) atoms. The molecule has 0 rings (SSSR count). The molecule has 0 fully saturated rings. The quantitative estimate of drug-likeness (QED) is 0.0541. The predicted octanol–water partition coefficient (Wildman–Crippen LogP) is 6.82. The fourth-order valence-electron chi connectivity index (χ4n) is 3.02. The maximum atomic E-state index is 12.0. The molecule has 0 aliphatic heterocycles. The molecule has 0 heterocycles. The highest BCUT2D eigenvalue weighted by Crippen LogP contribution is 2.34. The summed E-state index contributed by atoms with van der Waals surface area (Å²) in [5.74, 6) is 0.794. The van der Waals surface area contributed by atoms with Crippen molar-refractivity contribution in [1.82, 2.24) is 10.6 Å².